The van der Waals surface area contributed by atoms with Crippen molar-refractivity contribution < 1.29 is 13.9 Å². The molecule has 0 spiro atoms. The Morgan fingerprint density at radius 2 is 1.50 bits per heavy atom. The van der Waals surface area contributed by atoms with E-state index in [-0.39, 0.29) is 5.56 Å². The molecule has 1 aromatic carbocycles. The van der Waals surface area contributed by atoms with Crippen LogP contribution in [0.15, 0.2) is 18.2 Å². The van der Waals surface area contributed by atoms with Crippen molar-refractivity contribution >= 4 is 0 Å². The first-order valence-electron chi connectivity index (χ1n) is 9.70. The van der Waals surface area contributed by atoms with Crippen LogP contribution in [0.5, 0.6) is 0 Å². The minimum absolute atomic E-state index is 0.116. The maximum absolute atomic E-state index is 14.0. The maximum atomic E-state index is 14.0. The Bertz CT molecular complexity index is 521. The van der Waals surface area contributed by atoms with Crippen molar-refractivity contribution in [3.63, 3.8) is 0 Å². The summed E-state index contributed by atoms with van der Waals surface area (Å²) in [7, 11) is 0. The second-order valence-corrected chi connectivity index (χ2v) is 8.04. The Balaban J connectivity index is 1.60. The van der Waals surface area contributed by atoms with E-state index >= 15 is 0 Å². The minimum atomic E-state index is -1.33. The molecule has 3 rings (SSSR count). The van der Waals surface area contributed by atoms with Crippen molar-refractivity contribution in [3.05, 3.63) is 35.4 Å². The van der Waals surface area contributed by atoms with E-state index in [9.17, 15) is 13.9 Å². The molecule has 0 atom stereocenters. The maximum Gasteiger partial charge on any atom is 0.132 e. The molecular weight excluding hydrogens is 306 g/mol. The first-order valence-corrected chi connectivity index (χ1v) is 9.70. The van der Waals surface area contributed by atoms with E-state index in [4.69, 9.17) is 0 Å². The van der Waals surface area contributed by atoms with Gasteiger partial charge in [-0.3, -0.25) is 0 Å². The predicted octanol–water partition coefficient (Wildman–Crippen LogP) is 5.95. The van der Waals surface area contributed by atoms with Crippen LogP contribution in [0.25, 0.3) is 0 Å². The van der Waals surface area contributed by atoms with Gasteiger partial charge in [0.15, 0.2) is 0 Å². The van der Waals surface area contributed by atoms with Crippen LogP contribution in [0.2, 0.25) is 0 Å². The SMILES string of the molecule is CCCC1CCC([C@H]2CC[C@](O)(c3c(F)cccc3F)CC2)CC1. The third-order valence-corrected chi connectivity index (χ3v) is 6.54. The molecule has 0 aliphatic heterocycles. The van der Waals surface area contributed by atoms with Crippen molar-refractivity contribution in [1.82, 2.24) is 0 Å². The molecule has 1 nitrogen and oxygen atoms in total. The van der Waals surface area contributed by atoms with Crippen molar-refractivity contribution in [2.24, 2.45) is 17.8 Å². The lowest BCUT2D eigenvalue weighted by Gasteiger charge is -2.41. The monoisotopic (exact) mass is 336 g/mol. The summed E-state index contributed by atoms with van der Waals surface area (Å²) >= 11 is 0. The minimum Gasteiger partial charge on any atom is -0.385 e. The first kappa shape index (κ1) is 17.8. The molecule has 0 saturated heterocycles. The summed E-state index contributed by atoms with van der Waals surface area (Å²) in [5, 5.41) is 10.9. The largest absolute Gasteiger partial charge is 0.385 e. The molecule has 1 aromatic rings. The summed E-state index contributed by atoms with van der Waals surface area (Å²) in [6.07, 6.45) is 10.6. The molecule has 3 heteroatoms. The number of rotatable bonds is 4. The zero-order valence-electron chi connectivity index (χ0n) is 14.7. The van der Waals surface area contributed by atoms with E-state index < -0.39 is 17.2 Å². The topological polar surface area (TPSA) is 20.2 Å². The number of benzene rings is 1. The molecule has 2 saturated carbocycles. The van der Waals surface area contributed by atoms with Gasteiger partial charge in [-0.25, -0.2) is 8.78 Å². The van der Waals surface area contributed by atoms with Gasteiger partial charge in [0.1, 0.15) is 11.6 Å². The zero-order valence-corrected chi connectivity index (χ0v) is 14.7. The first-order chi connectivity index (χ1) is 11.5. The molecule has 0 radical (unpaired) electrons. The van der Waals surface area contributed by atoms with Gasteiger partial charge in [-0.15, -0.1) is 0 Å². The Morgan fingerprint density at radius 1 is 0.958 bits per heavy atom. The second kappa shape index (κ2) is 7.51. The van der Waals surface area contributed by atoms with Crippen LogP contribution < -0.4 is 0 Å². The average Bonchev–Trinajstić information content (AvgIpc) is 2.56. The lowest BCUT2D eigenvalue weighted by Crippen LogP contribution is -2.36. The van der Waals surface area contributed by atoms with Gasteiger partial charge < -0.3 is 5.11 Å². The number of halogens is 2. The third kappa shape index (κ3) is 3.66. The highest BCUT2D eigenvalue weighted by Crippen LogP contribution is 2.47. The molecule has 2 fully saturated rings. The molecule has 0 bridgehead atoms. The van der Waals surface area contributed by atoms with Gasteiger partial charge in [0, 0.05) is 0 Å². The summed E-state index contributed by atoms with van der Waals surface area (Å²) < 4.78 is 28.1. The molecule has 0 aromatic heterocycles. The van der Waals surface area contributed by atoms with E-state index in [1.54, 1.807) is 0 Å². The Labute approximate surface area is 144 Å². The Kier molecular flexibility index (Phi) is 5.59. The van der Waals surface area contributed by atoms with E-state index in [0.29, 0.717) is 18.8 Å². The van der Waals surface area contributed by atoms with Crippen molar-refractivity contribution in [3.8, 4) is 0 Å². The molecule has 2 aliphatic rings. The van der Waals surface area contributed by atoms with Gasteiger partial charge in [0.25, 0.3) is 0 Å². The van der Waals surface area contributed by atoms with E-state index in [1.807, 2.05) is 0 Å². The highest BCUT2D eigenvalue weighted by molar-refractivity contribution is 5.26. The highest BCUT2D eigenvalue weighted by Gasteiger charge is 2.41. The highest BCUT2D eigenvalue weighted by atomic mass is 19.1. The average molecular weight is 336 g/mol. The van der Waals surface area contributed by atoms with E-state index in [1.165, 1.54) is 56.7 Å². The summed E-state index contributed by atoms with van der Waals surface area (Å²) in [5.41, 5.74) is -1.44. The van der Waals surface area contributed by atoms with Crippen LogP contribution in [0.3, 0.4) is 0 Å². The van der Waals surface area contributed by atoms with Gasteiger partial charge in [-0.2, -0.15) is 0 Å². The van der Waals surface area contributed by atoms with Crippen LogP contribution in [-0.4, -0.2) is 5.11 Å². The summed E-state index contributed by atoms with van der Waals surface area (Å²) in [6, 6.07) is 3.85. The fourth-order valence-electron chi connectivity index (χ4n) is 5.14. The quantitative estimate of drug-likeness (QED) is 0.720. The molecule has 0 unspecified atom stereocenters. The van der Waals surface area contributed by atoms with Crippen LogP contribution in [0.4, 0.5) is 8.78 Å². The fourth-order valence-corrected chi connectivity index (χ4v) is 5.14. The van der Waals surface area contributed by atoms with Crippen LogP contribution >= 0.6 is 0 Å². The Morgan fingerprint density at radius 3 is 2.04 bits per heavy atom. The summed E-state index contributed by atoms with van der Waals surface area (Å²) in [4.78, 5) is 0. The summed E-state index contributed by atoms with van der Waals surface area (Å²) in [5.74, 6) is 1.03. The van der Waals surface area contributed by atoms with Gasteiger partial charge in [-0.05, 0) is 68.4 Å². The standard InChI is InChI=1S/C21H30F2O/c1-2-4-15-7-9-16(10-8-15)17-11-13-21(24,14-12-17)20-18(22)5-3-6-19(20)23/h3,5-6,15-17,24H,2,4,7-14H2,1H3/t15?,16?,17-,21+. The molecule has 2 aliphatic carbocycles. The van der Waals surface area contributed by atoms with E-state index in [0.717, 1.165) is 24.7 Å². The fraction of sp³-hybridized carbons (Fsp3) is 0.714. The number of aliphatic hydroxyl groups is 1. The lowest BCUT2D eigenvalue weighted by atomic mass is 9.66. The Hall–Kier alpha value is -0.960. The summed E-state index contributed by atoms with van der Waals surface area (Å²) in [6.45, 7) is 2.26. The second-order valence-electron chi connectivity index (χ2n) is 8.04. The lowest BCUT2D eigenvalue weighted by molar-refractivity contribution is -0.0312. The number of hydrogen-bond donors (Lipinski definition) is 1. The molecule has 1 N–H and O–H groups in total. The van der Waals surface area contributed by atoms with Gasteiger partial charge in [-0.1, -0.05) is 38.7 Å². The molecular formula is C21H30F2O. The zero-order chi connectivity index (χ0) is 17.2. The van der Waals surface area contributed by atoms with Gasteiger partial charge in [0.2, 0.25) is 0 Å². The molecule has 134 valence electrons. The predicted molar refractivity (Wildman–Crippen MR) is 92.6 cm³/mol. The van der Waals surface area contributed by atoms with Crippen LogP contribution in [-0.2, 0) is 5.60 Å². The van der Waals surface area contributed by atoms with Crippen LogP contribution in [0, 0.1) is 29.4 Å². The van der Waals surface area contributed by atoms with Crippen molar-refractivity contribution in [1.29, 1.82) is 0 Å². The molecule has 0 heterocycles. The molecule has 24 heavy (non-hydrogen) atoms. The van der Waals surface area contributed by atoms with Crippen molar-refractivity contribution in [2.45, 2.75) is 76.7 Å². The van der Waals surface area contributed by atoms with Gasteiger partial charge in [0.05, 0.1) is 11.2 Å². The third-order valence-electron chi connectivity index (χ3n) is 6.54. The van der Waals surface area contributed by atoms with E-state index in [2.05, 4.69) is 6.92 Å². The number of hydrogen-bond acceptors (Lipinski definition) is 1. The normalized spacial score (nSPS) is 34.2. The molecule has 0 amide bonds. The van der Waals surface area contributed by atoms with Crippen molar-refractivity contribution in [2.75, 3.05) is 0 Å². The smallest absolute Gasteiger partial charge is 0.132 e. The van der Waals surface area contributed by atoms with Crippen LogP contribution in [0.1, 0.15) is 76.7 Å². The van der Waals surface area contributed by atoms with Gasteiger partial charge >= 0.3 is 0 Å².